The van der Waals surface area contributed by atoms with Crippen molar-refractivity contribution in [2.24, 2.45) is 0 Å². The number of nitrogens with two attached hydrogens (primary N) is 1. The highest BCUT2D eigenvalue weighted by Gasteiger charge is 2.45. The molecule has 5 aliphatic heterocycles. The number of rotatable bonds is 3. The van der Waals surface area contributed by atoms with Crippen molar-refractivity contribution in [2.75, 3.05) is 50.5 Å². The molecular weight excluding hydrogens is 652 g/mol. The molecular formula is C32H40ClF6N5O3. The SMILES string of the molecule is CC.COc1nc2c(c(N3CCCC4(CCO4)C3)n1)COC(c1c(F)c(N)cc(Cl)c1C(F)(F)F)C2.FC(F)=C1CC2CCCN2C1. The first kappa shape index (κ1) is 35.5. The largest absolute Gasteiger partial charge is 0.467 e. The van der Waals surface area contributed by atoms with E-state index >= 15 is 0 Å². The molecule has 0 saturated carbocycles. The average Bonchev–Trinajstić information content (AvgIpc) is 3.65. The van der Waals surface area contributed by atoms with Gasteiger partial charge in [0.1, 0.15) is 5.82 Å². The number of aromatic nitrogens is 2. The van der Waals surface area contributed by atoms with Crippen LogP contribution in [-0.2, 0) is 28.7 Å². The van der Waals surface area contributed by atoms with E-state index in [2.05, 4.69) is 19.8 Å². The van der Waals surface area contributed by atoms with Crippen molar-refractivity contribution in [3.05, 3.63) is 50.9 Å². The Kier molecular flexibility index (Phi) is 10.8. The number of halogens is 7. The van der Waals surface area contributed by atoms with Crippen LogP contribution in [0.5, 0.6) is 6.01 Å². The van der Waals surface area contributed by atoms with Crippen LogP contribution in [0.3, 0.4) is 0 Å². The summed E-state index contributed by atoms with van der Waals surface area (Å²) < 4.78 is 97.4. The van der Waals surface area contributed by atoms with Gasteiger partial charge in [-0.25, -0.2) is 4.39 Å². The third kappa shape index (κ3) is 7.30. The highest BCUT2D eigenvalue weighted by molar-refractivity contribution is 6.31. The van der Waals surface area contributed by atoms with Crippen molar-refractivity contribution < 1.29 is 40.6 Å². The summed E-state index contributed by atoms with van der Waals surface area (Å²) in [4.78, 5) is 13.1. The van der Waals surface area contributed by atoms with Gasteiger partial charge in [0.2, 0.25) is 0 Å². The minimum atomic E-state index is -4.90. The lowest BCUT2D eigenvalue weighted by Gasteiger charge is -2.49. The van der Waals surface area contributed by atoms with Gasteiger partial charge in [-0.1, -0.05) is 25.4 Å². The second-order valence-electron chi connectivity index (χ2n) is 12.2. The summed E-state index contributed by atoms with van der Waals surface area (Å²) in [5.41, 5.74) is 4.33. The molecule has 2 N–H and O–H groups in total. The van der Waals surface area contributed by atoms with Gasteiger partial charge < -0.3 is 24.8 Å². The zero-order chi connectivity index (χ0) is 34.1. The van der Waals surface area contributed by atoms with E-state index in [1.807, 2.05) is 13.8 Å². The third-order valence-corrected chi connectivity index (χ3v) is 9.67. The monoisotopic (exact) mass is 691 g/mol. The van der Waals surface area contributed by atoms with Gasteiger partial charge in [0, 0.05) is 55.2 Å². The maximum Gasteiger partial charge on any atom is 0.418 e. The van der Waals surface area contributed by atoms with Gasteiger partial charge in [-0.2, -0.15) is 31.9 Å². The second kappa shape index (κ2) is 14.4. The molecule has 15 heteroatoms. The van der Waals surface area contributed by atoms with Gasteiger partial charge in [0.15, 0.2) is 5.82 Å². The van der Waals surface area contributed by atoms with Crippen molar-refractivity contribution in [1.29, 1.82) is 0 Å². The Hall–Kier alpha value is -2.81. The summed E-state index contributed by atoms with van der Waals surface area (Å²) in [6.45, 7) is 7.53. The predicted molar refractivity (Wildman–Crippen MR) is 165 cm³/mol. The minimum Gasteiger partial charge on any atom is -0.467 e. The van der Waals surface area contributed by atoms with Crippen molar-refractivity contribution in [1.82, 2.24) is 14.9 Å². The van der Waals surface area contributed by atoms with Crippen LogP contribution in [0.25, 0.3) is 0 Å². The molecule has 5 aliphatic rings. The first-order chi connectivity index (χ1) is 22.4. The van der Waals surface area contributed by atoms with E-state index in [4.69, 9.17) is 31.5 Å². The van der Waals surface area contributed by atoms with E-state index in [0.29, 0.717) is 48.2 Å². The number of benzene rings is 1. The predicted octanol–water partition coefficient (Wildman–Crippen LogP) is 7.48. The van der Waals surface area contributed by atoms with E-state index in [1.54, 1.807) is 0 Å². The summed E-state index contributed by atoms with van der Waals surface area (Å²) in [5, 5.41) is -0.684. The molecule has 0 bridgehead atoms. The number of ether oxygens (including phenoxy) is 3. The number of nitrogens with zero attached hydrogens (tertiary/aromatic N) is 4. The molecule has 8 nitrogen and oxygen atoms in total. The number of piperidine rings is 1. The number of fused-ring (bicyclic) bond motifs is 2. The molecule has 4 fully saturated rings. The van der Waals surface area contributed by atoms with Crippen LogP contribution >= 0.6 is 11.6 Å². The molecule has 0 aliphatic carbocycles. The molecule has 2 aromatic rings. The maximum absolute atomic E-state index is 14.9. The maximum atomic E-state index is 14.9. The first-order valence-corrected chi connectivity index (χ1v) is 16.3. The fourth-order valence-corrected chi connectivity index (χ4v) is 7.41. The molecule has 6 heterocycles. The van der Waals surface area contributed by atoms with Crippen LogP contribution in [0, 0.1) is 5.82 Å². The van der Waals surface area contributed by atoms with Gasteiger partial charge in [-0.05, 0) is 44.7 Å². The van der Waals surface area contributed by atoms with Gasteiger partial charge in [0.25, 0.3) is 6.08 Å². The van der Waals surface area contributed by atoms with Crippen molar-refractivity contribution >= 4 is 23.1 Å². The molecule has 4 saturated heterocycles. The summed E-state index contributed by atoms with van der Waals surface area (Å²) in [6.07, 6.45) is -2.03. The lowest BCUT2D eigenvalue weighted by atomic mass is 9.85. The Balaban J connectivity index is 0.000000279. The highest BCUT2D eigenvalue weighted by atomic mass is 35.5. The Morgan fingerprint density at radius 2 is 1.87 bits per heavy atom. The highest BCUT2D eigenvalue weighted by Crippen LogP contribution is 2.46. The minimum absolute atomic E-state index is 0.0747. The van der Waals surface area contributed by atoms with Gasteiger partial charge in [0.05, 0.1) is 54.0 Å². The van der Waals surface area contributed by atoms with Crippen LogP contribution in [-0.4, -0.2) is 66.4 Å². The standard InChI is InChI=1S/C22H23ClF4N4O3.C8H11F2N.C2H6/c1-32-20-29-14-8-15(16-17(22(25,26)27)12(23)7-13(28)18(16)24)33-9-11(14)19(30-20)31-5-2-3-21(10-31)4-6-34-21;9-8(10)6-4-7-2-1-3-11(7)5-6;1-2/h7,15H,2-6,8-10,28H2,1H3;7H,1-5H2;1-2H3. The molecule has 260 valence electrons. The van der Waals surface area contributed by atoms with Crippen molar-refractivity contribution in [3.63, 3.8) is 0 Å². The van der Waals surface area contributed by atoms with Gasteiger partial charge in [-0.3, -0.25) is 4.90 Å². The third-order valence-electron chi connectivity index (χ3n) is 9.37. The smallest absolute Gasteiger partial charge is 0.418 e. The summed E-state index contributed by atoms with van der Waals surface area (Å²) >= 11 is 5.84. The van der Waals surface area contributed by atoms with Crippen LogP contribution < -0.4 is 15.4 Å². The fourth-order valence-electron chi connectivity index (χ4n) is 7.08. The molecule has 0 radical (unpaired) electrons. The number of hydrogen-bond donors (Lipinski definition) is 1. The Morgan fingerprint density at radius 3 is 2.49 bits per heavy atom. The molecule has 1 aromatic heterocycles. The molecule has 0 amide bonds. The van der Waals surface area contributed by atoms with Gasteiger partial charge >= 0.3 is 12.2 Å². The summed E-state index contributed by atoms with van der Waals surface area (Å²) in [6, 6.07) is 1.27. The Morgan fingerprint density at radius 1 is 1.13 bits per heavy atom. The van der Waals surface area contributed by atoms with E-state index < -0.39 is 46.0 Å². The second-order valence-corrected chi connectivity index (χ2v) is 12.6. The number of methoxy groups -OCH3 is 1. The van der Waals surface area contributed by atoms with E-state index in [1.165, 1.54) is 13.5 Å². The van der Waals surface area contributed by atoms with Crippen LogP contribution in [0.1, 0.15) is 80.9 Å². The molecule has 3 unspecified atom stereocenters. The fraction of sp³-hybridized carbons (Fsp3) is 0.625. The van der Waals surface area contributed by atoms with E-state index in [0.717, 1.165) is 51.4 Å². The number of hydrogen-bond acceptors (Lipinski definition) is 8. The number of alkyl halides is 3. The number of anilines is 2. The zero-order valence-corrected chi connectivity index (χ0v) is 27.4. The zero-order valence-electron chi connectivity index (χ0n) is 26.7. The van der Waals surface area contributed by atoms with Gasteiger partial charge in [-0.15, -0.1) is 0 Å². The van der Waals surface area contributed by atoms with Crippen molar-refractivity contribution in [2.45, 2.75) is 89.3 Å². The number of nitrogen functional groups attached to an aromatic ring is 1. The molecule has 47 heavy (non-hydrogen) atoms. The molecule has 1 aromatic carbocycles. The van der Waals surface area contributed by atoms with Crippen LogP contribution in [0.15, 0.2) is 17.7 Å². The lowest BCUT2D eigenvalue weighted by molar-refractivity contribution is -0.151. The molecule has 7 rings (SSSR count). The summed E-state index contributed by atoms with van der Waals surface area (Å²) in [5.74, 6) is -0.608. The molecule has 1 spiro atoms. The van der Waals surface area contributed by atoms with Crippen LogP contribution in [0.2, 0.25) is 5.02 Å². The molecule has 3 atom stereocenters. The van der Waals surface area contributed by atoms with Crippen molar-refractivity contribution in [3.8, 4) is 6.01 Å². The Bertz CT molecular complexity index is 1470. The van der Waals surface area contributed by atoms with Crippen LogP contribution in [0.4, 0.5) is 37.8 Å². The first-order valence-electron chi connectivity index (χ1n) is 15.9. The Labute approximate surface area is 275 Å². The quantitative estimate of drug-likeness (QED) is 0.262. The van der Waals surface area contributed by atoms with E-state index in [9.17, 15) is 26.3 Å². The average molecular weight is 692 g/mol. The van der Waals surface area contributed by atoms with E-state index in [-0.39, 0.29) is 24.6 Å². The lowest BCUT2D eigenvalue weighted by Crippen LogP contribution is -2.56. The normalized spacial score (nSPS) is 25.2. The topological polar surface area (TPSA) is 86.0 Å². The summed E-state index contributed by atoms with van der Waals surface area (Å²) in [7, 11) is 1.41.